The molecule has 0 fully saturated rings. The van der Waals surface area contributed by atoms with Crippen LogP contribution in [0.25, 0.3) is 11.3 Å². The van der Waals surface area contributed by atoms with Crippen molar-refractivity contribution in [2.24, 2.45) is 0 Å². The first-order chi connectivity index (χ1) is 8.37. The summed E-state index contributed by atoms with van der Waals surface area (Å²) in [6.45, 7) is 7.08. The predicted octanol–water partition coefficient (Wildman–Crippen LogP) is 4.82. The van der Waals surface area contributed by atoms with Gasteiger partial charge in [-0.3, -0.25) is 0 Å². The second-order valence-electron chi connectivity index (χ2n) is 4.97. The first kappa shape index (κ1) is 14.2. The normalized spacial score (nSPS) is 12.1. The van der Waals surface area contributed by atoms with Crippen molar-refractivity contribution in [2.75, 3.05) is 0 Å². The van der Waals surface area contributed by atoms with Gasteiger partial charge in [0.15, 0.2) is 12.2 Å². The van der Waals surface area contributed by atoms with Crippen LogP contribution < -0.4 is 5.32 Å². The summed E-state index contributed by atoms with van der Waals surface area (Å²) in [6.07, 6.45) is 1.49. The molecule has 0 saturated carbocycles. The molecule has 2 rings (SSSR count). The standard InChI is InChI=1S/C12H14Br2N2OS/c1-12(2,3)16-5-8-10(17-6-15-8)7-4-9(13)18-11(7)14/h4,6,16H,5H2,1-3H3. The topological polar surface area (TPSA) is 38.1 Å². The average Bonchev–Trinajstić information content (AvgIpc) is 2.80. The van der Waals surface area contributed by atoms with Crippen LogP contribution in [0, 0.1) is 0 Å². The van der Waals surface area contributed by atoms with Crippen LogP contribution in [0.5, 0.6) is 0 Å². The molecule has 0 amide bonds. The minimum Gasteiger partial charge on any atom is -0.443 e. The Balaban J connectivity index is 2.25. The largest absolute Gasteiger partial charge is 0.443 e. The van der Waals surface area contributed by atoms with Gasteiger partial charge in [0.1, 0.15) is 5.69 Å². The van der Waals surface area contributed by atoms with Gasteiger partial charge in [-0.25, -0.2) is 4.98 Å². The van der Waals surface area contributed by atoms with E-state index in [0.717, 1.165) is 24.6 Å². The van der Waals surface area contributed by atoms with Crippen molar-refractivity contribution in [3.63, 3.8) is 0 Å². The Bertz CT molecular complexity index is 543. The lowest BCUT2D eigenvalue weighted by molar-refractivity contribution is 0.421. The highest BCUT2D eigenvalue weighted by atomic mass is 79.9. The number of rotatable bonds is 3. The van der Waals surface area contributed by atoms with Gasteiger partial charge in [0.25, 0.3) is 0 Å². The number of hydrogen-bond acceptors (Lipinski definition) is 4. The van der Waals surface area contributed by atoms with Gasteiger partial charge < -0.3 is 9.73 Å². The average molecular weight is 394 g/mol. The maximum absolute atomic E-state index is 5.51. The SMILES string of the molecule is CC(C)(C)NCc1ncoc1-c1cc(Br)sc1Br. The third-order valence-corrected chi connectivity index (χ3v) is 4.67. The Morgan fingerprint density at radius 1 is 1.39 bits per heavy atom. The molecule has 1 N–H and O–H groups in total. The molecule has 0 spiro atoms. The number of oxazole rings is 1. The molecule has 0 atom stereocenters. The third-order valence-electron chi connectivity index (χ3n) is 2.33. The molecule has 0 radical (unpaired) electrons. The van der Waals surface area contributed by atoms with Crippen molar-refractivity contribution in [3.8, 4) is 11.3 Å². The fourth-order valence-electron chi connectivity index (χ4n) is 1.46. The summed E-state index contributed by atoms with van der Waals surface area (Å²) >= 11 is 8.64. The lowest BCUT2D eigenvalue weighted by Crippen LogP contribution is -2.35. The fourth-order valence-corrected chi connectivity index (χ4v) is 4.25. The van der Waals surface area contributed by atoms with Crippen LogP contribution in [0.4, 0.5) is 0 Å². The Morgan fingerprint density at radius 2 is 2.11 bits per heavy atom. The van der Waals surface area contributed by atoms with Crippen molar-refractivity contribution in [1.82, 2.24) is 10.3 Å². The van der Waals surface area contributed by atoms with Gasteiger partial charge in [0, 0.05) is 17.6 Å². The Hall–Kier alpha value is -0.170. The van der Waals surface area contributed by atoms with E-state index in [1.54, 1.807) is 11.3 Å². The summed E-state index contributed by atoms with van der Waals surface area (Å²) in [5, 5.41) is 3.41. The van der Waals surface area contributed by atoms with Gasteiger partial charge >= 0.3 is 0 Å². The quantitative estimate of drug-likeness (QED) is 0.812. The maximum atomic E-state index is 5.51. The number of hydrogen-bond donors (Lipinski definition) is 1. The van der Waals surface area contributed by atoms with Gasteiger partial charge in [-0.2, -0.15) is 0 Å². The summed E-state index contributed by atoms with van der Waals surface area (Å²) < 4.78 is 7.62. The van der Waals surface area contributed by atoms with Gasteiger partial charge in [-0.1, -0.05) is 0 Å². The summed E-state index contributed by atoms with van der Waals surface area (Å²) in [5.74, 6) is 0.820. The second kappa shape index (κ2) is 5.45. The zero-order valence-corrected chi connectivity index (χ0v) is 14.4. The molecular formula is C12H14Br2N2OS. The number of aromatic nitrogens is 1. The molecule has 3 nitrogen and oxygen atoms in total. The van der Waals surface area contributed by atoms with E-state index in [2.05, 4.69) is 62.9 Å². The molecule has 2 aromatic rings. The van der Waals surface area contributed by atoms with Gasteiger partial charge in [0.05, 0.1) is 7.57 Å². The van der Waals surface area contributed by atoms with Gasteiger partial charge in [0.2, 0.25) is 0 Å². The molecule has 0 aromatic carbocycles. The lowest BCUT2D eigenvalue weighted by Gasteiger charge is -2.19. The van der Waals surface area contributed by atoms with E-state index in [9.17, 15) is 0 Å². The van der Waals surface area contributed by atoms with Crippen LogP contribution in [0.1, 0.15) is 26.5 Å². The van der Waals surface area contributed by atoms with E-state index in [1.165, 1.54) is 6.39 Å². The van der Waals surface area contributed by atoms with Gasteiger partial charge in [-0.15, -0.1) is 11.3 Å². The van der Waals surface area contributed by atoms with Crippen LogP contribution in [0.2, 0.25) is 0 Å². The Labute approximate surface area is 127 Å². The van der Waals surface area contributed by atoms with E-state index < -0.39 is 0 Å². The Kier molecular flexibility index (Phi) is 4.31. The highest BCUT2D eigenvalue weighted by molar-refractivity contribution is 9.12. The zero-order chi connectivity index (χ0) is 13.3. The number of nitrogens with one attached hydrogen (secondary N) is 1. The van der Waals surface area contributed by atoms with Gasteiger partial charge in [-0.05, 0) is 58.7 Å². The van der Waals surface area contributed by atoms with Crippen molar-refractivity contribution in [3.05, 3.63) is 25.7 Å². The van der Waals surface area contributed by atoms with Crippen molar-refractivity contribution in [1.29, 1.82) is 0 Å². The smallest absolute Gasteiger partial charge is 0.181 e. The molecule has 2 aromatic heterocycles. The lowest BCUT2D eigenvalue weighted by atomic mass is 10.1. The van der Waals surface area contributed by atoms with E-state index in [-0.39, 0.29) is 5.54 Å². The van der Waals surface area contributed by atoms with Crippen LogP contribution >= 0.6 is 43.2 Å². The molecule has 98 valence electrons. The van der Waals surface area contributed by atoms with Crippen molar-refractivity contribution in [2.45, 2.75) is 32.9 Å². The fraction of sp³-hybridized carbons (Fsp3) is 0.417. The van der Waals surface area contributed by atoms with Crippen LogP contribution in [0.3, 0.4) is 0 Å². The Morgan fingerprint density at radius 3 is 2.67 bits per heavy atom. The van der Waals surface area contributed by atoms with E-state index in [4.69, 9.17) is 4.42 Å². The first-order valence-electron chi connectivity index (χ1n) is 5.49. The number of thiophene rings is 1. The first-order valence-corrected chi connectivity index (χ1v) is 7.89. The summed E-state index contributed by atoms with van der Waals surface area (Å²) in [5.41, 5.74) is 2.02. The summed E-state index contributed by atoms with van der Waals surface area (Å²) in [7, 11) is 0. The maximum Gasteiger partial charge on any atom is 0.181 e. The third kappa shape index (κ3) is 3.44. The molecule has 0 bridgehead atoms. The van der Waals surface area contributed by atoms with E-state index in [1.807, 2.05) is 6.07 Å². The molecule has 0 aliphatic rings. The van der Waals surface area contributed by atoms with E-state index >= 15 is 0 Å². The molecule has 0 aliphatic carbocycles. The number of halogens is 2. The van der Waals surface area contributed by atoms with Crippen LogP contribution in [0.15, 0.2) is 24.4 Å². The highest BCUT2D eigenvalue weighted by Gasteiger charge is 2.18. The number of nitrogens with zero attached hydrogens (tertiary/aromatic N) is 1. The zero-order valence-electron chi connectivity index (χ0n) is 10.4. The molecule has 0 saturated heterocycles. The molecule has 2 heterocycles. The molecule has 0 aliphatic heterocycles. The molecular weight excluding hydrogens is 380 g/mol. The molecule has 18 heavy (non-hydrogen) atoms. The highest BCUT2D eigenvalue weighted by Crippen LogP contribution is 2.39. The molecule has 0 unspecified atom stereocenters. The summed E-state index contributed by atoms with van der Waals surface area (Å²) in [4.78, 5) is 4.29. The second-order valence-corrected chi connectivity index (χ2v) is 8.72. The minimum absolute atomic E-state index is 0.0582. The summed E-state index contributed by atoms with van der Waals surface area (Å²) in [6, 6.07) is 2.04. The van der Waals surface area contributed by atoms with Crippen molar-refractivity contribution < 1.29 is 4.42 Å². The molecule has 6 heteroatoms. The predicted molar refractivity (Wildman–Crippen MR) is 81.8 cm³/mol. The minimum atomic E-state index is 0.0582. The monoisotopic (exact) mass is 392 g/mol. The van der Waals surface area contributed by atoms with Crippen LogP contribution in [-0.4, -0.2) is 10.5 Å². The van der Waals surface area contributed by atoms with Crippen molar-refractivity contribution >= 4 is 43.2 Å². The van der Waals surface area contributed by atoms with E-state index in [0.29, 0.717) is 6.54 Å². The van der Waals surface area contributed by atoms with Crippen LogP contribution in [-0.2, 0) is 6.54 Å².